The lowest BCUT2D eigenvalue weighted by Crippen LogP contribution is -2.09. The molecule has 0 aliphatic heterocycles. The van der Waals surface area contributed by atoms with Gasteiger partial charge in [-0.2, -0.15) is 0 Å². The lowest BCUT2D eigenvalue weighted by Gasteiger charge is -1.98. The third-order valence-electron chi connectivity index (χ3n) is 2.41. The van der Waals surface area contributed by atoms with Crippen LogP contribution in [0.4, 0.5) is 0 Å². The maximum Gasteiger partial charge on any atom is 0.309 e. The van der Waals surface area contributed by atoms with Crippen LogP contribution in [0, 0.1) is 17.8 Å². The molecule has 0 bridgehead atoms. The molecule has 3 unspecified atom stereocenters. The van der Waals surface area contributed by atoms with Gasteiger partial charge in [-0.3, -0.25) is 4.79 Å². The quantitative estimate of drug-likeness (QED) is 0.523. The second kappa shape index (κ2) is 4.42. The van der Waals surface area contributed by atoms with Crippen LogP contribution in [-0.4, -0.2) is 24.3 Å². The van der Waals surface area contributed by atoms with Crippen LogP contribution in [0.25, 0.3) is 0 Å². The van der Waals surface area contributed by atoms with Crippen LogP contribution in [0.2, 0.25) is 0 Å². The van der Waals surface area contributed by atoms with Gasteiger partial charge in [-0.25, -0.2) is 0 Å². The first-order chi connectivity index (χ1) is 6.26. The molecular formula is C10H16O3. The number of hydrogen-bond acceptors (Lipinski definition) is 3. The topological polar surface area (TPSA) is 46.5 Å². The molecule has 0 aromatic carbocycles. The minimum atomic E-state index is -0.176. The van der Waals surface area contributed by atoms with E-state index in [0.717, 1.165) is 0 Å². The van der Waals surface area contributed by atoms with Crippen LogP contribution in [0.3, 0.4) is 0 Å². The maximum atomic E-state index is 11.3. The van der Waals surface area contributed by atoms with Gasteiger partial charge in [0.2, 0.25) is 0 Å². The molecule has 1 fully saturated rings. The molecule has 1 rings (SSSR count). The number of carbonyl (C=O) groups excluding carboxylic acids is 1. The number of esters is 1. The van der Waals surface area contributed by atoms with Crippen LogP contribution in [0.15, 0.2) is 12.2 Å². The Labute approximate surface area is 78.4 Å². The summed E-state index contributed by atoms with van der Waals surface area (Å²) < 4.78 is 4.89. The first-order valence-electron chi connectivity index (χ1n) is 4.66. The normalized spacial score (nSPS) is 32.1. The summed E-state index contributed by atoms with van der Waals surface area (Å²) in [6, 6.07) is 0. The van der Waals surface area contributed by atoms with Gasteiger partial charge in [0.15, 0.2) is 0 Å². The number of ether oxygens (including phenoxy) is 1. The molecule has 1 aliphatic carbocycles. The van der Waals surface area contributed by atoms with Gasteiger partial charge in [0, 0.05) is 12.5 Å². The summed E-state index contributed by atoms with van der Waals surface area (Å²) in [4.78, 5) is 11.3. The molecule has 0 spiro atoms. The summed E-state index contributed by atoms with van der Waals surface area (Å²) in [5.74, 6) is -0.0184. The summed E-state index contributed by atoms with van der Waals surface area (Å²) in [5.41, 5.74) is 0. The zero-order chi connectivity index (χ0) is 9.84. The Morgan fingerprint density at radius 1 is 1.62 bits per heavy atom. The first kappa shape index (κ1) is 10.3. The molecule has 0 amide bonds. The van der Waals surface area contributed by atoms with Crippen molar-refractivity contribution in [2.45, 2.75) is 13.8 Å². The number of allylic oxidation sites excluding steroid dienone is 2. The van der Waals surface area contributed by atoms with Crippen molar-refractivity contribution < 1.29 is 14.6 Å². The van der Waals surface area contributed by atoms with Gasteiger partial charge in [-0.1, -0.05) is 12.2 Å². The van der Waals surface area contributed by atoms with Crippen molar-refractivity contribution in [3.63, 3.8) is 0 Å². The Morgan fingerprint density at radius 3 is 2.77 bits per heavy atom. The highest BCUT2D eigenvalue weighted by Gasteiger charge is 2.53. The number of aliphatic hydroxyl groups is 1. The van der Waals surface area contributed by atoms with Gasteiger partial charge in [0.05, 0.1) is 12.5 Å². The van der Waals surface area contributed by atoms with Gasteiger partial charge < -0.3 is 9.84 Å². The molecule has 0 aromatic heterocycles. The lowest BCUT2D eigenvalue weighted by molar-refractivity contribution is -0.145. The zero-order valence-corrected chi connectivity index (χ0v) is 8.06. The summed E-state index contributed by atoms with van der Waals surface area (Å²) in [6.07, 6.45) is 3.87. The van der Waals surface area contributed by atoms with E-state index in [1.54, 1.807) is 6.92 Å². The molecule has 3 heteroatoms. The van der Waals surface area contributed by atoms with Crippen LogP contribution < -0.4 is 0 Å². The van der Waals surface area contributed by atoms with Gasteiger partial charge >= 0.3 is 5.97 Å². The van der Waals surface area contributed by atoms with Gasteiger partial charge in [-0.15, -0.1) is 0 Å². The van der Waals surface area contributed by atoms with Gasteiger partial charge in [0.1, 0.15) is 0 Å². The molecule has 0 saturated heterocycles. The second-order valence-corrected chi connectivity index (χ2v) is 3.23. The monoisotopic (exact) mass is 184 g/mol. The Morgan fingerprint density at radius 2 is 2.31 bits per heavy atom. The Hall–Kier alpha value is -0.830. The Kier molecular flexibility index (Phi) is 3.48. The SMILES string of the molecule is CC=CC1C(CO)C1C(=O)OCC. The van der Waals surface area contributed by atoms with E-state index in [1.807, 2.05) is 19.1 Å². The maximum absolute atomic E-state index is 11.3. The molecule has 0 heterocycles. The molecule has 74 valence electrons. The Bertz CT molecular complexity index is 210. The lowest BCUT2D eigenvalue weighted by atomic mass is 10.3. The van der Waals surface area contributed by atoms with Crippen LogP contribution in [-0.2, 0) is 9.53 Å². The van der Waals surface area contributed by atoms with Crippen molar-refractivity contribution in [3.05, 3.63) is 12.2 Å². The molecule has 1 saturated carbocycles. The van der Waals surface area contributed by atoms with E-state index in [-0.39, 0.29) is 30.3 Å². The van der Waals surface area contributed by atoms with Crippen molar-refractivity contribution in [1.29, 1.82) is 0 Å². The van der Waals surface area contributed by atoms with E-state index < -0.39 is 0 Å². The third kappa shape index (κ3) is 2.10. The molecule has 13 heavy (non-hydrogen) atoms. The van der Waals surface area contributed by atoms with Gasteiger partial charge in [-0.05, 0) is 19.8 Å². The number of carbonyl (C=O) groups is 1. The largest absolute Gasteiger partial charge is 0.466 e. The Balaban J connectivity index is 2.48. The third-order valence-corrected chi connectivity index (χ3v) is 2.41. The van der Waals surface area contributed by atoms with E-state index in [9.17, 15) is 4.79 Å². The average Bonchev–Trinajstić information content (AvgIpc) is 2.79. The molecule has 0 radical (unpaired) electrons. The highest BCUT2D eigenvalue weighted by atomic mass is 16.5. The summed E-state index contributed by atoms with van der Waals surface area (Å²) in [5, 5.41) is 8.95. The van der Waals surface area contributed by atoms with Crippen LogP contribution in [0.1, 0.15) is 13.8 Å². The fourth-order valence-corrected chi connectivity index (χ4v) is 1.69. The second-order valence-electron chi connectivity index (χ2n) is 3.23. The van der Waals surface area contributed by atoms with E-state index in [1.165, 1.54) is 0 Å². The fraction of sp³-hybridized carbons (Fsp3) is 0.700. The predicted octanol–water partition coefficient (Wildman–Crippen LogP) is 0.980. The fourth-order valence-electron chi connectivity index (χ4n) is 1.69. The van der Waals surface area contributed by atoms with Crippen molar-refractivity contribution in [2.75, 3.05) is 13.2 Å². The molecule has 0 aromatic rings. The molecular weight excluding hydrogens is 168 g/mol. The highest BCUT2D eigenvalue weighted by Crippen LogP contribution is 2.47. The van der Waals surface area contributed by atoms with E-state index in [4.69, 9.17) is 9.84 Å². The summed E-state index contributed by atoms with van der Waals surface area (Å²) in [7, 11) is 0. The minimum absolute atomic E-state index is 0.0679. The van der Waals surface area contributed by atoms with Crippen LogP contribution in [0.5, 0.6) is 0 Å². The standard InChI is InChI=1S/C10H16O3/c1-3-5-7-8(6-11)9(7)10(12)13-4-2/h3,5,7-9,11H,4,6H2,1-2H3. The summed E-state index contributed by atoms with van der Waals surface area (Å²) in [6.45, 7) is 4.18. The highest BCUT2D eigenvalue weighted by molar-refractivity contribution is 5.77. The van der Waals surface area contributed by atoms with E-state index >= 15 is 0 Å². The van der Waals surface area contributed by atoms with Crippen LogP contribution >= 0.6 is 0 Å². The number of hydrogen-bond donors (Lipinski definition) is 1. The predicted molar refractivity (Wildman–Crippen MR) is 49.0 cm³/mol. The summed E-state index contributed by atoms with van der Waals surface area (Å²) >= 11 is 0. The zero-order valence-electron chi connectivity index (χ0n) is 8.06. The van der Waals surface area contributed by atoms with Crippen molar-refractivity contribution in [1.82, 2.24) is 0 Å². The number of rotatable bonds is 4. The van der Waals surface area contributed by atoms with E-state index in [0.29, 0.717) is 6.61 Å². The molecule has 1 aliphatic rings. The minimum Gasteiger partial charge on any atom is -0.466 e. The van der Waals surface area contributed by atoms with E-state index in [2.05, 4.69) is 0 Å². The number of aliphatic hydroxyl groups excluding tert-OH is 1. The molecule has 3 atom stereocenters. The molecule has 1 N–H and O–H groups in total. The average molecular weight is 184 g/mol. The van der Waals surface area contributed by atoms with Crippen molar-refractivity contribution in [3.8, 4) is 0 Å². The molecule has 3 nitrogen and oxygen atoms in total. The first-order valence-corrected chi connectivity index (χ1v) is 4.66. The van der Waals surface area contributed by atoms with Gasteiger partial charge in [0.25, 0.3) is 0 Å². The van der Waals surface area contributed by atoms with Crippen molar-refractivity contribution in [2.24, 2.45) is 17.8 Å². The smallest absolute Gasteiger partial charge is 0.309 e. The van der Waals surface area contributed by atoms with Crippen molar-refractivity contribution >= 4 is 5.97 Å².